The largest absolute Gasteiger partial charge is 0.392 e. The minimum absolute atomic E-state index is 0.121. The summed E-state index contributed by atoms with van der Waals surface area (Å²) in [4.78, 5) is 26.3. The Morgan fingerprint density at radius 2 is 1.94 bits per heavy atom. The summed E-state index contributed by atoms with van der Waals surface area (Å²) in [6.45, 7) is 2.93. The molecule has 1 aromatic heterocycles. The first-order valence-corrected chi connectivity index (χ1v) is 13.5. The van der Waals surface area contributed by atoms with E-state index in [1.165, 1.54) is 0 Å². The van der Waals surface area contributed by atoms with Crippen LogP contribution < -0.4 is 15.1 Å². The van der Waals surface area contributed by atoms with Crippen molar-refractivity contribution in [1.82, 2.24) is 14.3 Å². The molecule has 1 saturated heterocycles. The van der Waals surface area contributed by atoms with Crippen molar-refractivity contribution in [2.45, 2.75) is 30.8 Å². The average molecular weight is 507 g/mol. The monoisotopic (exact) mass is 506 g/mol. The second-order valence-corrected chi connectivity index (χ2v) is 11.6. The maximum Gasteiger partial charge on any atom is 0.260 e. The molecular weight excluding hydrogens is 476 g/mol. The molecule has 188 valence electrons. The van der Waals surface area contributed by atoms with E-state index in [2.05, 4.69) is 16.2 Å². The van der Waals surface area contributed by atoms with Crippen LogP contribution >= 0.6 is 0 Å². The normalized spacial score (nSPS) is 19.8. The smallest absolute Gasteiger partial charge is 0.260 e. The molecule has 9 nitrogen and oxygen atoms in total. The van der Waals surface area contributed by atoms with Gasteiger partial charge in [0.25, 0.3) is 5.91 Å². The zero-order valence-corrected chi connectivity index (χ0v) is 21.5. The van der Waals surface area contributed by atoms with E-state index in [9.17, 15) is 14.1 Å². The summed E-state index contributed by atoms with van der Waals surface area (Å²) in [6, 6.07) is 13.0. The van der Waals surface area contributed by atoms with Crippen molar-refractivity contribution in [1.29, 1.82) is 0 Å². The van der Waals surface area contributed by atoms with Gasteiger partial charge < -0.3 is 20.2 Å². The Morgan fingerprint density at radius 1 is 1.14 bits per heavy atom. The molecule has 0 aliphatic carbocycles. The van der Waals surface area contributed by atoms with Crippen LogP contribution in [0.25, 0.3) is 0 Å². The van der Waals surface area contributed by atoms with E-state index in [1.807, 2.05) is 49.2 Å². The minimum atomic E-state index is -2.75. The highest BCUT2D eigenvalue weighted by Crippen LogP contribution is 2.38. The number of carbonyl (C=O) groups excluding carboxylic acids is 1. The van der Waals surface area contributed by atoms with Crippen molar-refractivity contribution in [2.75, 3.05) is 42.3 Å². The number of nitrogens with zero attached hydrogens (tertiary/aromatic N) is 5. The Bertz CT molecular complexity index is 1440. The van der Waals surface area contributed by atoms with Crippen molar-refractivity contribution >= 4 is 50.3 Å². The second-order valence-electron chi connectivity index (χ2n) is 9.32. The number of piperidine rings is 1. The summed E-state index contributed by atoms with van der Waals surface area (Å²) in [7, 11) is 0.846. The second kappa shape index (κ2) is 9.20. The summed E-state index contributed by atoms with van der Waals surface area (Å²) in [5, 5.41) is 13.2. The van der Waals surface area contributed by atoms with Crippen LogP contribution in [-0.4, -0.2) is 68.7 Å². The Hall–Kier alpha value is -3.47. The number of aromatic nitrogens is 2. The summed E-state index contributed by atoms with van der Waals surface area (Å²) >= 11 is 0. The van der Waals surface area contributed by atoms with Crippen molar-refractivity contribution < 1.29 is 14.1 Å². The highest BCUT2D eigenvalue weighted by Gasteiger charge is 2.29. The quantitative estimate of drug-likeness (QED) is 0.524. The van der Waals surface area contributed by atoms with Crippen LogP contribution in [0.15, 0.2) is 53.6 Å². The van der Waals surface area contributed by atoms with Crippen LogP contribution in [0.3, 0.4) is 0 Å². The third-order valence-corrected chi connectivity index (χ3v) is 8.87. The Balaban J connectivity index is 1.46. The highest BCUT2D eigenvalue weighted by molar-refractivity contribution is 7.98. The molecular formula is C26H30N6O3S. The van der Waals surface area contributed by atoms with Crippen LogP contribution in [0.1, 0.15) is 28.8 Å². The summed E-state index contributed by atoms with van der Waals surface area (Å²) in [5.74, 6) is 4.82. The van der Waals surface area contributed by atoms with Gasteiger partial charge in [0, 0.05) is 37.8 Å². The zero-order chi connectivity index (χ0) is 25.6. The number of β-amino-alcohol motifs (C(OH)–C–C–N with tert-alkyl or cyclic N) is 1. The molecule has 0 bridgehead atoms. The summed E-state index contributed by atoms with van der Waals surface area (Å²) in [5.41, 5.74) is 3.64. The van der Waals surface area contributed by atoms with Crippen LogP contribution in [0.2, 0.25) is 0 Å². The number of hydrogen-bond acceptors (Lipinski definition) is 7. The van der Waals surface area contributed by atoms with Gasteiger partial charge >= 0.3 is 0 Å². The number of hydrogen-bond donors (Lipinski definition) is 2. The van der Waals surface area contributed by atoms with E-state index < -0.39 is 15.8 Å². The number of benzene rings is 2. The van der Waals surface area contributed by atoms with Crippen molar-refractivity contribution in [2.24, 2.45) is 0 Å². The predicted octanol–water partition coefficient (Wildman–Crippen LogP) is 3.33. The third kappa shape index (κ3) is 4.32. The number of nitrogens with one attached hydrogen (secondary N) is 1. The van der Waals surface area contributed by atoms with Crippen LogP contribution in [0.4, 0.5) is 28.8 Å². The molecule has 1 unspecified atom stereocenters. The fourth-order valence-corrected chi connectivity index (χ4v) is 6.40. The number of rotatable bonds is 4. The predicted molar refractivity (Wildman–Crippen MR) is 144 cm³/mol. The first-order chi connectivity index (χ1) is 17.1. The average Bonchev–Trinajstić information content (AvgIpc) is 2.94. The summed E-state index contributed by atoms with van der Waals surface area (Å²) < 4.78 is 15.3. The van der Waals surface area contributed by atoms with E-state index in [-0.39, 0.29) is 5.91 Å². The Kier molecular flexibility index (Phi) is 6.19. The van der Waals surface area contributed by atoms with Gasteiger partial charge in [0.2, 0.25) is 5.95 Å². The molecule has 36 heavy (non-hydrogen) atoms. The number of carbonyl (C=O) groups is 1. The first-order valence-electron chi connectivity index (χ1n) is 11.8. The van der Waals surface area contributed by atoms with E-state index in [1.54, 1.807) is 34.6 Å². The van der Waals surface area contributed by atoms with Crippen molar-refractivity contribution in [3.8, 4) is 0 Å². The van der Waals surface area contributed by atoms with Gasteiger partial charge in [0.05, 0.1) is 33.3 Å². The lowest BCUT2D eigenvalue weighted by Crippen LogP contribution is -2.41. The number of amides is 1. The van der Waals surface area contributed by atoms with Gasteiger partial charge in [-0.2, -0.15) is 4.98 Å². The van der Waals surface area contributed by atoms with Gasteiger partial charge in [-0.25, -0.2) is 13.5 Å². The van der Waals surface area contributed by atoms with Gasteiger partial charge in [0.15, 0.2) is 5.82 Å². The molecule has 2 aliphatic heterocycles. The van der Waals surface area contributed by atoms with Gasteiger partial charge in [-0.15, -0.1) is 0 Å². The number of anilines is 5. The molecule has 3 aromatic rings. The lowest BCUT2D eigenvalue weighted by molar-refractivity contribution is 0.0994. The van der Waals surface area contributed by atoms with Crippen molar-refractivity contribution in [3.05, 3.63) is 59.8 Å². The molecule has 3 heterocycles. The topological polar surface area (TPSA) is 102 Å². The van der Waals surface area contributed by atoms with Gasteiger partial charge in [0.1, 0.15) is 5.69 Å². The molecule has 1 fully saturated rings. The molecule has 2 aliphatic rings. The fourth-order valence-electron chi connectivity index (χ4n) is 4.67. The first kappa shape index (κ1) is 24.2. The minimum Gasteiger partial charge on any atom is -0.392 e. The maximum atomic E-state index is 13.6. The molecule has 2 aromatic carbocycles. The van der Waals surface area contributed by atoms with E-state index in [4.69, 9.17) is 4.98 Å². The number of aliphatic hydroxyl groups excluding tert-OH is 1. The molecule has 0 radical (unpaired) electrons. The molecule has 2 atom stereocenters. The zero-order valence-electron chi connectivity index (χ0n) is 20.6. The van der Waals surface area contributed by atoms with Crippen LogP contribution in [-0.2, 0) is 9.71 Å². The van der Waals surface area contributed by atoms with E-state index in [0.29, 0.717) is 53.1 Å². The maximum absolute atomic E-state index is 13.6. The number of fused-ring (bicyclic) bond motifs is 2. The Labute approximate surface area is 211 Å². The van der Waals surface area contributed by atoms with Gasteiger partial charge in [-0.3, -0.25) is 4.79 Å². The standard InChI is InChI=1S/C26H30N6O3S/c1-17-10-11-22-21(13-17)25(34)31(3)23-15-27-26(29-24(23)30(22)2)28-18-7-5-9-20(14-18)36(4,35)32-12-6-8-19(33)16-32/h5,7,9-11,13-15,19,33H,4,6,8,12,16H2,1-3H3,(H,27,28,29)/t19-,36?/m0/s1. The number of aliphatic hydroxyl groups is 1. The fraction of sp³-hybridized carbons (Fsp3) is 0.308. The van der Waals surface area contributed by atoms with Gasteiger partial charge in [-0.1, -0.05) is 17.7 Å². The molecule has 0 saturated carbocycles. The molecule has 2 N–H and O–H groups in total. The van der Waals surface area contributed by atoms with E-state index in [0.717, 1.165) is 17.7 Å². The number of aryl methyl sites for hydroxylation is 1. The SMILES string of the molecule is C=S(=O)(c1cccc(Nc2ncc3c(n2)N(C)c2ccc(C)cc2C(=O)N3C)c1)N1CCC[C@H](O)C1. The third-order valence-electron chi connectivity index (χ3n) is 6.71. The van der Waals surface area contributed by atoms with Crippen LogP contribution in [0.5, 0.6) is 0 Å². The lowest BCUT2D eigenvalue weighted by atomic mass is 10.1. The lowest BCUT2D eigenvalue weighted by Gasteiger charge is -2.32. The van der Waals surface area contributed by atoms with Gasteiger partial charge in [-0.05, 0) is 56.0 Å². The highest BCUT2D eigenvalue weighted by atomic mass is 32.2. The molecule has 0 spiro atoms. The Morgan fingerprint density at radius 3 is 2.72 bits per heavy atom. The van der Waals surface area contributed by atoms with E-state index >= 15 is 0 Å². The van der Waals surface area contributed by atoms with Crippen LogP contribution in [0, 0.1) is 6.92 Å². The van der Waals surface area contributed by atoms with Crippen molar-refractivity contribution in [3.63, 3.8) is 0 Å². The molecule has 1 amide bonds. The summed E-state index contributed by atoms with van der Waals surface area (Å²) in [6.07, 6.45) is 2.62. The molecule has 10 heteroatoms. The molecule has 5 rings (SSSR count).